The monoisotopic (exact) mass is 688 g/mol. The van der Waals surface area contributed by atoms with Crippen molar-refractivity contribution in [2.24, 2.45) is 5.92 Å². The Morgan fingerprint density at radius 3 is 2.20 bits per heavy atom. The van der Waals surface area contributed by atoms with Gasteiger partial charge in [0.05, 0.1) is 10.6 Å². The molecule has 0 aliphatic carbocycles. The summed E-state index contributed by atoms with van der Waals surface area (Å²) in [5, 5.41) is 0.648. The van der Waals surface area contributed by atoms with Gasteiger partial charge in [-0.2, -0.15) is 21.3 Å². The van der Waals surface area contributed by atoms with E-state index >= 15 is 0 Å². The molecule has 2 aromatic carbocycles. The van der Waals surface area contributed by atoms with Gasteiger partial charge >= 0.3 is 0 Å². The van der Waals surface area contributed by atoms with Gasteiger partial charge in [-0.15, -0.1) is 0 Å². The van der Waals surface area contributed by atoms with E-state index in [2.05, 4.69) is 9.88 Å². The first-order valence-corrected chi connectivity index (χ1v) is 19.1. The maximum Gasteiger partial charge on any atom is 0.282 e. The second-order valence-corrected chi connectivity index (χ2v) is 16.8. The first kappa shape index (κ1) is 34.7. The minimum atomic E-state index is -3.82. The van der Waals surface area contributed by atoms with E-state index in [4.69, 9.17) is 11.6 Å². The molecular weight excluding hydrogens is 644 g/mol. The molecule has 3 aromatic rings. The van der Waals surface area contributed by atoms with Gasteiger partial charge in [-0.25, -0.2) is 8.42 Å². The topological polar surface area (TPSA) is 97.4 Å². The van der Waals surface area contributed by atoms with Gasteiger partial charge in [0.15, 0.2) is 0 Å². The second kappa shape index (κ2) is 15.1. The summed E-state index contributed by atoms with van der Waals surface area (Å²) < 4.78 is 61.1. The zero-order chi connectivity index (χ0) is 32.9. The van der Waals surface area contributed by atoms with Gasteiger partial charge < -0.3 is 4.90 Å². The molecule has 0 spiro atoms. The molecule has 0 bridgehead atoms. The van der Waals surface area contributed by atoms with Crippen molar-refractivity contribution >= 4 is 37.5 Å². The van der Waals surface area contributed by atoms with Crippen LogP contribution in [0.25, 0.3) is 0 Å². The molecule has 46 heavy (non-hydrogen) atoms. The van der Waals surface area contributed by atoms with Crippen molar-refractivity contribution in [3.05, 3.63) is 88.7 Å². The minimum absolute atomic E-state index is 0.214. The van der Waals surface area contributed by atoms with E-state index in [1.54, 1.807) is 45.1 Å². The predicted molar refractivity (Wildman–Crippen MR) is 183 cm³/mol. The quantitative estimate of drug-likeness (QED) is 0.365. The first-order chi connectivity index (χ1) is 21.9. The smallest absolute Gasteiger partial charge is 0.282 e. The number of fused-ring (bicyclic) bond motifs is 1. The second-order valence-electron chi connectivity index (χ2n) is 12.5. The van der Waals surface area contributed by atoms with Crippen molar-refractivity contribution in [1.82, 2.24) is 22.8 Å². The summed E-state index contributed by atoms with van der Waals surface area (Å²) in [6, 6.07) is 18.3. The Labute approximate surface area is 279 Å². The summed E-state index contributed by atoms with van der Waals surface area (Å²) in [5.41, 5.74) is 3.87. The molecule has 1 saturated heterocycles. The highest BCUT2D eigenvalue weighted by molar-refractivity contribution is 7.89. The first-order valence-electron chi connectivity index (χ1n) is 15.9. The molecule has 13 heteroatoms. The molecule has 2 aliphatic rings. The van der Waals surface area contributed by atoms with Crippen LogP contribution in [0.1, 0.15) is 36.6 Å². The number of aromatic nitrogens is 1. The molecule has 0 N–H and O–H groups in total. The third-order valence-electron chi connectivity index (χ3n) is 8.70. The highest BCUT2D eigenvalue weighted by Crippen LogP contribution is 2.27. The lowest BCUT2D eigenvalue weighted by atomic mass is 10.0. The summed E-state index contributed by atoms with van der Waals surface area (Å²) in [7, 11) is -3.82. The Morgan fingerprint density at radius 2 is 1.52 bits per heavy atom. The summed E-state index contributed by atoms with van der Waals surface area (Å²) in [4.78, 5) is 8.90. The molecule has 1 fully saturated rings. The maximum atomic E-state index is 14.2. The van der Waals surface area contributed by atoms with E-state index in [0.717, 1.165) is 22.5 Å². The fraction of sp³-hybridized carbons (Fsp3) is 0.485. The molecule has 0 amide bonds. The van der Waals surface area contributed by atoms with E-state index < -0.39 is 20.2 Å². The molecule has 5 rings (SSSR count). The molecule has 2 aliphatic heterocycles. The Morgan fingerprint density at radius 1 is 0.826 bits per heavy atom. The SMILES string of the molecule is C[C@H]1CN(S(=O)(=O)c2ccc(N(C)C)cc2)CCCN(Cc2ccccn2)CCCN(S(=O)(=O)N2CCc3cc(Cl)ccc3C2)C1. The number of pyridine rings is 1. The van der Waals surface area contributed by atoms with Crippen molar-refractivity contribution in [2.45, 2.75) is 44.2 Å². The maximum absolute atomic E-state index is 14.2. The van der Waals surface area contributed by atoms with Crippen LogP contribution in [0.15, 0.2) is 71.8 Å². The number of nitrogens with zero attached hydrogens (tertiary/aromatic N) is 6. The van der Waals surface area contributed by atoms with Crippen LogP contribution in [0.5, 0.6) is 0 Å². The Bertz CT molecular complexity index is 1670. The number of hydrogen-bond donors (Lipinski definition) is 0. The predicted octanol–water partition coefficient (Wildman–Crippen LogP) is 4.33. The minimum Gasteiger partial charge on any atom is -0.378 e. The third-order valence-corrected chi connectivity index (χ3v) is 12.8. The van der Waals surface area contributed by atoms with Gasteiger partial charge in [0.1, 0.15) is 0 Å². The molecule has 250 valence electrons. The van der Waals surface area contributed by atoms with Crippen molar-refractivity contribution in [3.8, 4) is 0 Å². The van der Waals surface area contributed by atoms with Gasteiger partial charge in [-0.05, 0) is 97.9 Å². The van der Waals surface area contributed by atoms with Gasteiger partial charge in [-0.1, -0.05) is 30.7 Å². The van der Waals surface area contributed by atoms with E-state index in [1.807, 2.05) is 56.3 Å². The van der Waals surface area contributed by atoms with Crippen LogP contribution in [-0.2, 0) is 39.7 Å². The number of sulfonamides is 1. The molecule has 0 radical (unpaired) electrons. The van der Waals surface area contributed by atoms with Crippen LogP contribution in [0, 0.1) is 5.92 Å². The molecule has 0 saturated carbocycles. The Balaban J connectivity index is 1.40. The lowest BCUT2D eigenvalue weighted by Crippen LogP contribution is -2.49. The number of hydrogen-bond acceptors (Lipinski definition) is 7. The average Bonchev–Trinajstić information content (AvgIpc) is 3.03. The molecule has 10 nitrogen and oxygen atoms in total. The van der Waals surface area contributed by atoms with E-state index in [-0.39, 0.29) is 30.4 Å². The van der Waals surface area contributed by atoms with E-state index in [1.165, 1.54) is 4.31 Å². The molecule has 1 aromatic heterocycles. The molecule has 3 heterocycles. The Kier molecular flexibility index (Phi) is 11.4. The van der Waals surface area contributed by atoms with Crippen LogP contribution in [0.3, 0.4) is 0 Å². The van der Waals surface area contributed by atoms with Crippen molar-refractivity contribution in [1.29, 1.82) is 0 Å². The number of anilines is 1. The van der Waals surface area contributed by atoms with Crippen LogP contribution in [0.4, 0.5) is 5.69 Å². The van der Waals surface area contributed by atoms with Crippen LogP contribution < -0.4 is 4.90 Å². The zero-order valence-electron chi connectivity index (χ0n) is 26.9. The van der Waals surface area contributed by atoms with E-state index in [0.29, 0.717) is 63.6 Å². The van der Waals surface area contributed by atoms with Gasteiger partial charge in [0.2, 0.25) is 10.0 Å². The number of halogens is 1. The number of benzene rings is 2. The highest BCUT2D eigenvalue weighted by Gasteiger charge is 2.35. The summed E-state index contributed by atoms with van der Waals surface area (Å²) in [6.45, 7) is 5.63. The lowest BCUT2D eigenvalue weighted by Gasteiger charge is -2.36. The van der Waals surface area contributed by atoms with Gasteiger partial charge in [-0.3, -0.25) is 9.88 Å². The normalized spacial score (nSPS) is 20.4. The van der Waals surface area contributed by atoms with Gasteiger partial charge in [0, 0.05) is 76.8 Å². The van der Waals surface area contributed by atoms with Crippen molar-refractivity contribution in [2.75, 3.05) is 64.8 Å². The van der Waals surface area contributed by atoms with E-state index in [9.17, 15) is 16.8 Å². The molecule has 0 unspecified atom stereocenters. The van der Waals surface area contributed by atoms with Crippen molar-refractivity contribution < 1.29 is 16.8 Å². The van der Waals surface area contributed by atoms with Crippen LogP contribution in [-0.4, -0.2) is 99.5 Å². The standard InChI is InChI=1S/C33H45ClN6O4S2/c1-27-23-38(45(41,42)33-13-11-32(12-14-33)36(2)3)19-6-17-37(26-31-8-4-5-16-35-31)18-7-20-39(24-27)46(43,44)40-21-15-28-22-30(34)10-9-29(28)25-40/h4-5,8-14,16,22,27H,6-7,15,17-21,23-26H2,1-3H3/t27-/m0/s1. The zero-order valence-corrected chi connectivity index (χ0v) is 29.3. The van der Waals surface area contributed by atoms with Gasteiger partial charge in [0.25, 0.3) is 10.2 Å². The van der Waals surface area contributed by atoms with Crippen molar-refractivity contribution in [3.63, 3.8) is 0 Å². The summed E-state index contributed by atoms with van der Waals surface area (Å²) >= 11 is 6.20. The molecule has 1 atom stereocenters. The highest BCUT2D eigenvalue weighted by atomic mass is 35.5. The average molecular weight is 689 g/mol. The Hall–Kier alpha value is -2.58. The third kappa shape index (κ3) is 8.46. The largest absolute Gasteiger partial charge is 0.378 e. The van der Waals surface area contributed by atoms with Crippen LogP contribution in [0.2, 0.25) is 5.02 Å². The lowest BCUT2D eigenvalue weighted by molar-refractivity contribution is 0.212. The summed E-state index contributed by atoms with van der Waals surface area (Å²) in [5.74, 6) is -0.231. The van der Waals surface area contributed by atoms with Crippen LogP contribution >= 0.6 is 11.6 Å². The fourth-order valence-corrected chi connectivity index (χ4v) is 9.76. The summed E-state index contributed by atoms with van der Waals surface area (Å²) in [6.07, 6.45) is 3.66. The molecular formula is C33H45ClN6O4S2. The number of rotatable bonds is 7. The fourth-order valence-electron chi connectivity index (χ4n) is 6.22.